The molecule has 106 valence electrons. The zero-order valence-corrected chi connectivity index (χ0v) is 12.1. The number of ether oxygens (including phenoxy) is 3. The number of methoxy groups -OCH3 is 3. The van der Waals surface area contributed by atoms with Crippen LogP contribution in [-0.4, -0.2) is 33.3 Å². The fourth-order valence-electron chi connectivity index (χ4n) is 1.79. The predicted molar refractivity (Wildman–Crippen MR) is 74.0 cm³/mol. The van der Waals surface area contributed by atoms with Crippen LogP contribution in [-0.2, 0) is 9.53 Å². The summed E-state index contributed by atoms with van der Waals surface area (Å²) in [4.78, 5) is 11.6. The molecule has 0 bridgehead atoms. The number of nitrogens with one attached hydrogen (secondary N) is 1. The Kier molecular flexibility index (Phi) is 5.48. The maximum atomic E-state index is 11.6. The quantitative estimate of drug-likeness (QED) is 0.802. The molecule has 0 aliphatic carbocycles. The van der Waals surface area contributed by atoms with Gasteiger partial charge in [-0.1, -0.05) is 6.92 Å². The van der Waals surface area contributed by atoms with Gasteiger partial charge in [-0.15, -0.1) is 0 Å². The number of carbonyl (C=O) groups excluding carboxylic acids is 1. The maximum Gasteiger partial charge on any atom is 0.328 e. The first-order chi connectivity index (χ1) is 9.07. The van der Waals surface area contributed by atoms with Crippen molar-refractivity contribution in [3.63, 3.8) is 0 Å². The summed E-state index contributed by atoms with van der Waals surface area (Å²) >= 11 is 0. The molecule has 5 nitrogen and oxygen atoms in total. The van der Waals surface area contributed by atoms with E-state index in [4.69, 9.17) is 14.2 Å². The van der Waals surface area contributed by atoms with Crippen molar-refractivity contribution >= 4 is 11.7 Å². The van der Waals surface area contributed by atoms with Crippen LogP contribution in [0.2, 0.25) is 0 Å². The van der Waals surface area contributed by atoms with Crippen molar-refractivity contribution in [2.45, 2.75) is 26.3 Å². The average molecular weight is 267 g/mol. The molecule has 0 saturated heterocycles. The van der Waals surface area contributed by atoms with Gasteiger partial charge in [0.15, 0.2) is 11.5 Å². The van der Waals surface area contributed by atoms with Crippen molar-refractivity contribution in [2.24, 2.45) is 0 Å². The second-order valence-corrected chi connectivity index (χ2v) is 4.15. The lowest BCUT2D eigenvalue weighted by molar-refractivity contribution is -0.141. The molecule has 1 N–H and O–H groups in total. The van der Waals surface area contributed by atoms with Gasteiger partial charge >= 0.3 is 5.97 Å². The van der Waals surface area contributed by atoms with Gasteiger partial charge in [0.05, 0.1) is 21.3 Å². The molecule has 0 aliphatic rings. The second-order valence-electron chi connectivity index (χ2n) is 4.15. The smallest absolute Gasteiger partial charge is 0.328 e. The van der Waals surface area contributed by atoms with Gasteiger partial charge < -0.3 is 19.5 Å². The Hall–Kier alpha value is -1.91. The molecule has 0 heterocycles. The number of anilines is 1. The fourth-order valence-corrected chi connectivity index (χ4v) is 1.79. The third-order valence-electron chi connectivity index (χ3n) is 2.95. The molecule has 1 aromatic carbocycles. The van der Waals surface area contributed by atoms with Crippen LogP contribution in [0.3, 0.4) is 0 Å². The summed E-state index contributed by atoms with van der Waals surface area (Å²) < 4.78 is 15.2. The van der Waals surface area contributed by atoms with E-state index in [1.54, 1.807) is 14.2 Å². The van der Waals surface area contributed by atoms with Gasteiger partial charge in [0.2, 0.25) is 0 Å². The molecule has 1 unspecified atom stereocenters. The van der Waals surface area contributed by atoms with Crippen LogP contribution in [0, 0.1) is 6.92 Å². The molecule has 0 spiro atoms. The Morgan fingerprint density at radius 2 is 1.79 bits per heavy atom. The van der Waals surface area contributed by atoms with Gasteiger partial charge in [0, 0.05) is 11.8 Å². The zero-order valence-electron chi connectivity index (χ0n) is 12.1. The summed E-state index contributed by atoms with van der Waals surface area (Å²) in [6.07, 6.45) is 0.639. The Morgan fingerprint density at radius 1 is 1.21 bits per heavy atom. The van der Waals surface area contributed by atoms with Crippen molar-refractivity contribution in [1.82, 2.24) is 0 Å². The van der Waals surface area contributed by atoms with E-state index in [9.17, 15) is 4.79 Å². The summed E-state index contributed by atoms with van der Waals surface area (Å²) in [6, 6.07) is 3.31. The molecule has 0 aromatic heterocycles. The Balaban J connectivity index is 3.03. The number of carbonyl (C=O) groups is 1. The SMILES string of the molecule is CCC(Nc1cc(OC)c(OC)cc1C)C(=O)OC. The van der Waals surface area contributed by atoms with Gasteiger partial charge in [0.25, 0.3) is 0 Å². The minimum atomic E-state index is -0.373. The van der Waals surface area contributed by atoms with Crippen LogP contribution in [0.25, 0.3) is 0 Å². The maximum absolute atomic E-state index is 11.6. The normalized spacial score (nSPS) is 11.6. The Morgan fingerprint density at radius 3 is 2.26 bits per heavy atom. The molecular weight excluding hydrogens is 246 g/mol. The van der Waals surface area contributed by atoms with Crippen molar-refractivity contribution in [3.05, 3.63) is 17.7 Å². The number of rotatable bonds is 6. The zero-order chi connectivity index (χ0) is 14.4. The van der Waals surface area contributed by atoms with Crippen LogP contribution in [0.15, 0.2) is 12.1 Å². The van der Waals surface area contributed by atoms with E-state index in [-0.39, 0.29) is 12.0 Å². The number of benzene rings is 1. The average Bonchev–Trinajstić information content (AvgIpc) is 2.44. The van der Waals surface area contributed by atoms with Gasteiger partial charge in [0.1, 0.15) is 6.04 Å². The monoisotopic (exact) mass is 267 g/mol. The van der Waals surface area contributed by atoms with Crippen LogP contribution in [0.1, 0.15) is 18.9 Å². The van der Waals surface area contributed by atoms with Gasteiger partial charge in [-0.3, -0.25) is 0 Å². The van der Waals surface area contributed by atoms with Gasteiger partial charge in [-0.25, -0.2) is 4.79 Å². The number of hydrogen-bond acceptors (Lipinski definition) is 5. The molecule has 0 radical (unpaired) electrons. The molecule has 5 heteroatoms. The number of hydrogen-bond donors (Lipinski definition) is 1. The molecule has 0 saturated carbocycles. The lowest BCUT2D eigenvalue weighted by Gasteiger charge is -2.19. The van der Waals surface area contributed by atoms with E-state index in [0.29, 0.717) is 17.9 Å². The summed E-state index contributed by atoms with van der Waals surface area (Å²) in [5, 5.41) is 3.16. The van der Waals surface area contributed by atoms with Crippen LogP contribution < -0.4 is 14.8 Å². The largest absolute Gasteiger partial charge is 0.493 e. The third-order valence-corrected chi connectivity index (χ3v) is 2.95. The summed E-state index contributed by atoms with van der Waals surface area (Å²) in [7, 11) is 4.55. The predicted octanol–water partition coefficient (Wildman–Crippen LogP) is 2.38. The molecule has 0 amide bonds. The lowest BCUT2D eigenvalue weighted by atomic mass is 10.1. The highest BCUT2D eigenvalue weighted by Gasteiger charge is 2.18. The second kappa shape index (κ2) is 6.87. The molecule has 0 fully saturated rings. The van der Waals surface area contributed by atoms with E-state index in [1.165, 1.54) is 7.11 Å². The molecule has 19 heavy (non-hydrogen) atoms. The highest BCUT2D eigenvalue weighted by molar-refractivity contribution is 5.79. The summed E-state index contributed by atoms with van der Waals surface area (Å²) in [5.41, 5.74) is 1.80. The van der Waals surface area contributed by atoms with Crippen LogP contribution >= 0.6 is 0 Å². The number of esters is 1. The first kappa shape index (κ1) is 15.1. The minimum Gasteiger partial charge on any atom is -0.493 e. The lowest BCUT2D eigenvalue weighted by Crippen LogP contribution is -2.30. The molecule has 1 atom stereocenters. The highest BCUT2D eigenvalue weighted by Crippen LogP contribution is 2.33. The molecule has 1 rings (SSSR count). The fraction of sp³-hybridized carbons (Fsp3) is 0.500. The van der Waals surface area contributed by atoms with Crippen molar-refractivity contribution in [2.75, 3.05) is 26.6 Å². The molecule has 0 aliphatic heterocycles. The van der Waals surface area contributed by atoms with E-state index in [0.717, 1.165) is 11.3 Å². The molecule has 1 aromatic rings. The Labute approximate surface area is 113 Å². The third kappa shape index (κ3) is 3.53. The van der Waals surface area contributed by atoms with Crippen LogP contribution in [0.4, 0.5) is 5.69 Å². The van der Waals surface area contributed by atoms with E-state index in [2.05, 4.69) is 5.32 Å². The van der Waals surface area contributed by atoms with Crippen molar-refractivity contribution in [1.29, 1.82) is 0 Å². The van der Waals surface area contributed by atoms with E-state index < -0.39 is 0 Å². The van der Waals surface area contributed by atoms with E-state index >= 15 is 0 Å². The van der Waals surface area contributed by atoms with Gasteiger partial charge in [-0.05, 0) is 25.0 Å². The highest BCUT2D eigenvalue weighted by atomic mass is 16.5. The van der Waals surface area contributed by atoms with Gasteiger partial charge in [-0.2, -0.15) is 0 Å². The first-order valence-corrected chi connectivity index (χ1v) is 6.14. The number of aryl methyl sites for hydroxylation is 1. The topological polar surface area (TPSA) is 56.8 Å². The molecular formula is C14H21NO4. The first-order valence-electron chi connectivity index (χ1n) is 6.14. The minimum absolute atomic E-state index is 0.281. The summed E-state index contributed by atoms with van der Waals surface area (Å²) in [5.74, 6) is 1.00. The summed E-state index contributed by atoms with van der Waals surface area (Å²) in [6.45, 7) is 3.86. The Bertz CT molecular complexity index is 445. The standard InChI is InChI=1S/C14H21NO4/c1-6-10(14(16)19-5)15-11-8-13(18-4)12(17-3)7-9(11)2/h7-8,10,15H,6H2,1-5H3. The van der Waals surface area contributed by atoms with Crippen molar-refractivity contribution < 1.29 is 19.0 Å². The van der Waals surface area contributed by atoms with Crippen molar-refractivity contribution in [3.8, 4) is 11.5 Å². The van der Waals surface area contributed by atoms with Crippen LogP contribution in [0.5, 0.6) is 11.5 Å². The van der Waals surface area contributed by atoms with E-state index in [1.807, 2.05) is 26.0 Å².